The number of furan rings is 1. The van der Waals surface area contributed by atoms with Crippen molar-refractivity contribution in [1.82, 2.24) is 10.6 Å². The molecular formula is C18H19N3O4S. The molecule has 136 valence electrons. The Labute approximate surface area is 155 Å². The maximum atomic E-state index is 12.1. The molecule has 3 rings (SSSR count). The Kier molecular flexibility index (Phi) is 5.96. The van der Waals surface area contributed by atoms with Gasteiger partial charge in [-0.25, -0.2) is 0 Å². The second-order valence-electron chi connectivity index (χ2n) is 5.68. The average molecular weight is 373 g/mol. The summed E-state index contributed by atoms with van der Waals surface area (Å²) in [5.41, 5.74) is 0.831. The van der Waals surface area contributed by atoms with Gasteiger partial charge in [-0.05, 0) is 24.3 Å². The van der Waals surface area contributed by atoms with E-state index in [4.69, 9.17) is 4.42 Å². The van der Waals surface area contributed by atoms with Crippen molar-refractivity contribution in [3.05, 3.63) is 48.4 Å². The van der Waals surface area contributed by atoms with E-state index in [-0.39, 0.29) is 43.8 Å². The molecule has 0 spiro atoms. The van der Waals surface area contributed by atoms with Crippen LogP contribution in [-0.4, -0.2) is 36.6 Å². The summed E-state index contributed by atoms with van der Waals surface area (Å²) in [4.78, 5) is 38.5. The maximum absolute atomic E-state index is 12.1. The van der Waals surface area contributed by atoms with Crippen molar-refractivity contribution in [2.24, 2.45) is 0 Å². The lowest BCUT2D eigenvalue weighted by molar-refractivity contribution is -0.126. The molecule has 0 unspecified atom stereocenters. The number of nitrogens with zero attached hydrogens (tertiary/aromatic N) is 1. The largest absolute Gasteiger partial charge is 0.467 e. The summed E-state index contributed by atoms with van der Waals surface area (Å²) in [5.74, 6) is 0.420. The lowest BCUT2D eigenvalue weighted by atomic mass is 10.2. The van der Waals surface area contributed by atoms with Gasteiger partial charge in [-0.2, -0.15) is 0 Å². The first-order chi connectivity index (χ1) is 12.6. The monoisotopic (exact) mass is 373 g/mol. The van der Waals surface area contributed by atoms with Gasteiger partial charge in [-0.3, -0.25) is 14.4 Å². The Hall–Kier alpha value is -2.74. The first kappa shape index (κ1) is 18.1. The van der Waals surface area contributed by atoms with Crippen molar-refractivity contribution in [3.8, 4) is 0 Å². The minimum atomic E-state index is -0.300. The van der Waals surface area contributed by atoms with Crippen LogP contribution in [0.1, 0.15) is 12.2 Å². The molecule has 0 bridgehead atoms. The van der Waals surface area contributed by atoms with Gasteiger partial charge in [0.25, 0.3) is 0 Å². The SMILES string of the molecule is O=C(CCN1C(=O)CSc2ccccc21)NCC(=O)NCc1ccco1. The Bertz CT molecular complexity index is 791. The average Bonchev–Trinajstić information content (AvgIpc) is 3.17. The van der Waals surface area contributed by atoms with Gasteiger partial charge in [0.05, 0.1) is 30.8 Å². The van der Waals surface area contributed by atoms with E-state index in [0.717, 1.165) is 10.6 Å². The summed E-state index contributed by atoms with van der Waals surface area (Å²) >= 11 is 1.50. The number of rotatable bonds is 7. The molecule has 1 aromatic carbocycles. The second-order valence-corrected chi connectivity index (χ2v) is 6.70. The number of amides is 3. The molecule has 26 heavy (non-hydrogen) atoms. The number of carbonyl (C=O) groups is 3. The smallest absolute Gasteiger partial charge is 0.239 e. The van der Waals surface area contributed by atoms with Crippen LogP contribution in [0.4, 0.5) is 5.69 Å². The summed E-state index contributed by atoms with van der Waals surface area (Å²) in [6, 6.07) is 11.1. The number of thioether (sulfide) groups is 1. The van der Waals surface area contributed by atoms with Gasteiger partial charge in [-0.15, -0.1) is 11.8 Å². The topological polar surface area (TPSA) is 91.7 Å². The number of carbonyl (C=O) groups excluding carboxylic acids is 3. The minimum absolute atomic E-state index is 0.0160. The van der Waals surface area contributed by atoms with Crippen LogP contribution in [0.5, 0.6) is 0 Å². The quantitative estimate of drug-likeness (QED) is 0.768. The molecule has 0 saturated carbocycles. The molecule has 0 aliphatic carbocycles. The van der Waals surface area contributed by atoms with Crippen LogP contribution in [0, 0.1) is 0 Å². The van der Waals surface area contributed by atoms with Crippen molar-refractivity contribution in [2.45, 2.75) is 17.9 Å². The van der Waals surface area contributed by atoms with Crippen LogP contribution in [0.2, 0.25) is 0 Å². The zero-order chi connectivity index (χ0) is 18.4. The lowest BCUT2D eigenvalue weighted by Crippen LogP contribution is -2.40. The van der Waals surface area contributed by atoms with Gasteiger partial charge in [0, 0.05) is 17.9 Å². The number of fused-ring (bicyclic) bond motifs is 1. The van der Waals surface area contributed by atoms with E-state index < -0.39 is 0 Å². The predicted molar refractivity (Wildman–Crippen MR) is 97.7 cm³/mol. The van der Waals surface area contributed by atoms with E-state index in [1.54, 1.807) is 17.0 Å². The van der Waals surface area contributed by atoms with E-state index >= 15 is 0 Å². The summed E-state index contributed by atoms with van der Waals surface area (Å²) in [5, 5.41) is 5.22. The van der Waals surface area contributed by atoms with E-state index in [2.05, 4.69) is 10.6 Å². The molecule has 0 atom stereocenters. The fourth-order valence-corrected chi connectivity index (χ4v) is 3.48. The predicted octanol–water partition coefficient (Wildman–Crippen LogP) is 1.54. The standard InChI is InChI=1S/C18H19N3O4S/c22-16(20-11-17(23)19-10-13-4-3-9-25-13)7-8-21-14-5-1-2-6-15(14)26-12-18(21)24/h1-6,9H,7-8,10-12H2,(H,19,23)(H,20,22). The number of hydrogen-bond donors (Lipinski definition) is 2. The Morgan fingerprint density at radius 3 is 2.77 bits per heavy atom. The lowest BCUT2D eigenvalue weighted by Gasteiger charge is -2.28. The third-order valence-electron chi connectivity index (χ3n) is 3.86. The van der Waals surface area contributed by atoms with E-state index in [9.17, 15) is 14.4 Å². The van der Waals surface area contributed by atoms with Gasteiger partial charge >= 0.3 is 0 Å². The van der Waals surface area contributed by atoms with Gasteiger partial charge in [0.2, 0.25) is 17.7 Å². The zero-order valence-corrected chi connectivity index (χ0v) is 14.9. The molecule has 0 radical (unpaired) electrons. The third kappa shape index (κ3) is 4.66. The fourth-order valence-electron chi connectivity index (χ4n) is 2.54. The Morgan fingerprint density at radius 1 is 1.12 bits per heavy atom. The number of benzene rings is 1. The van der Waals surface area contributed by atoms with Crippen molar-refractivity contribution in [3.63, 3.8) is 0 Å². The van der Waals surface area contributed by atoms with Crippen molar-refractivity contribution in [2.75, 3.05) is 23.7 Å². The highest BCUT2D eigenvalue weighted by Gasteiger charge is 2.24. The second kappa shape index (κ2) is 8.57. The van der Waals surface area contributed by atoms with Crippen LogP contribution >= 0.6 is 11.8 Å². The molecule has 2 heterocycles. The Balaban J connectivity index is 1.42. The van der Waals surface area contributed by atoms with Crippen LogP contribution in [0.15, 0.2) is 52.0 Å². The molecule has 1 aromatic heterocycles. The van der Waals surface area contributed by atoms with Gasteiger partial charge < -0.3 is 20.0 Å². The van der Waals surface area contributed by atoms with E-state index in [1.807, 2.05) is 24.3 Å². The summed E-state index contributed by atoms with van der Waals surface area (Å²) < 4.78 is 5.11. The summed E-state index contributed by atoms with van der Waals surface area (Å²) in [6.45, 7) is 0.453. The molecule has 2 aromatic rings. The molecular weight excluding hydrogens is 354 g/mol. The summed E-state index contributed by atoms with van der Waals surface area (Å²) in [6.07, 6.45) is 1.66. The molecule has 0 saturated heterocycles. The van der Waals surface area contributed by atoms with Gasteiger partial charge in [0.15, 0.2) is 0 Å². The summed E-state index contributed by atoms with van der Waals surface area (Å²) in [7, 11) is 0. The number of hydrogen-bond acceptors (Lipinski definition) is 5. The van der Waals surface area contributed by atoms with Crippen LogP contribution in [-0.2, 0) is 20.9 Å². The normalized spacial score (nSPS) is 13.2. The van der Waals surface area contributed by atoms with Crippen molar-refractivity contribution >= 4 is 35.2 Å². The molecule has 0 fully saturated rings. The Morgan fingerprint density at radius 2 is 1.96 bits per heavy atom. The molecule has 8 heteroatoms. The van der Waals surface area contributed by atoms with Gasteiger partial charge in [0.1, 0.15) is 5.76 Å². The number of anilines is 1. The van der Waals surface area contributed by atoms with Crippen molar-refractivity contribution in [1.29, 1.82) is 0 Å². The van der Waals surface area contributed by atoms with Gasteiger partial charge in [-0.1, -0.05) is 12.1 Å². The fraction of sp³-hybridized carbons (Fsp3) is 0.278. The molecule has 1 aliphatic rings. The minimum Gasteiger partial charge on any atom is -0.467 e. The maximum Gasteiger partial charge on any atom is 0.239 e. The highest BCUT2D eigenvalue weighted by atomic mass is 32.2. The van der Waals surface area contributed by atoms with Crippen LogP contribution in [0.3, 0.4) is 0 Å². The highest BCUT2D eigenvalue weighted by Crippen LogP contribution is 2.34. The van der Waals surface area contributed by atoms with Crippen LogP contribution in [0.25, 0.3) is 0 Å². The zero-order valence-electron chi connectivity index (χ0n) is 14.1. The van der Waals surface area contributed by atoms with E-state index in [1.165, 1.54) is 18.0 Å². The van der Waals surface area contributed by atoms with Crippen LogP contribution < -0.4 is 15.5 Å². The third-order valence-corrected chi connectivity index (χ3v) is 4.90. The van der Waals surface area contributed by atoms with Crippen molar-refractivity contribution < 1.29 is 18.8 Å². The first-order valence-electron chi connectivity index (χ1n) is 8.21. The molecule has 3 amide bonds. The first-order valence-corrected chi connectivity index (χ1v) is 9.20. The highest BCUT2D eigenvalue weighted by molar-refractivity contribution is 8.00. The molecule has 2 N–H and O–H groups in total. The molecule has 7 nitrogen and oxygen atoms in total. The molecule has 1 aliphatic heterocycles. The van der Waals surface area contributed by atoms with E-state index in [0.29, 0.717) is 11.5 Å². The number of nitrogens with one attached hydrogen (secondary N) is 2. The number of para-hydroxylation sites is 1.